The number of nitriles is 1. The van der Waals surface area contributed by atoms with Gasteiger partial charge < -0.3 is 4.74 Å². The number of para-hydroxylation sites is 1. The predicted molar refractivity (Wildman–Crippen MR) is 85.6 cm³/mol. The Balaban J connectivity index is 1.87. The maximum absolute atomic E-state index is 9.25. The minimum absolute atomic E-state index is 0.629. The van der Waals surface area contributed by atoms with Crippen LogP contribution in [0, 0.1) is 18.3 Å². The van der Waals surface area contributed by atoms with Crippen molar-refractivity contribution in [1.29, 1.82) is 5.26 Å². The highest BCUT2D eigenvalue weighted by Crippen LogP contribution is 2.27. The Kier molecular flexibility index (Phi) is 3.84. The molecule has 1 heterocycles. The van der Waals surface area contributed by atoms with Crippen LogP contribution in [0.5, 0.6) is 11.5 Å². The number of hydrogen-bond acceptors (Lipinski definition) is 3. The summed E-state index contributed by atoms with van der Waals surface area (Å²) in [4.78, 5) is 4.27. The topological polar surface area (TPSA) is 45.9 Å². The Morgan fingerprint density at radius 2 is 1.64 bits per heavy atom. The smallest absolute Gasteiger partial charge is 0.127 e. The van der Waals surface area contributed by atoms with E-state index in [1.807, 2.05) is 61.5 Å². The molecule has 3 heteroatoms. The van der Waals surface area contributed by atoms with E-state index in [4.69, 9.17) is 4.74 Å². The molecule has 0 aliphatic carbocycles. The highest BCUT2D eigenvalue weighted by molar-refractivity contribution is 5.70. The van der Waals surface area contributed by atoms with Crippen molar-refractivity contribution in [3.63, 3.8) is 0 Å². The Bertz CT molecular complexity index is 818. The summed E-state index contributed by atoms with van der Waals surface area (Å²) in [5, 5.41) is 9.25. The minimum atomic E-state index is 0.629. The molecule has 3 rings (SSSR count). The average Bonchev–Trinajstić information content (AvgIpc) is 2.56. The maximum Gasteiger partial charge on any atom is 0.127 e. The molecule has 0 bridgehead atoms. The van der Waals surface area contributed by atoms with Crippen LogP contribution in [0.1, 0.15) is 11.3 Å². The predicted octanol–water partition coefficient (Wildman–Crippen LogP) is 4.72. The molecule has 0 radical (unpaired) electrons. The molecular formula is C19H14N2O. The summed E-state index contributed by atoms with van der Waals surface area (Å²) in [7, 11) is 0. The molecule has 0 fully saturated rings. The second-order valence-corrected chi connectivity index (χ2v) is 4.92. The van der Waals surface area contributed by atoms with Gasteiger partial charge in [-0.25, -0.2) is 0 Å². The summed E-state index contributed by atoms with van der Waals surface area (Å²) >= 11 is 0. The lowest BCUT2D eigenvalue weighted by Gasteiger charge is -2.08. The van der Waals surface area contributed by atoms with Crippen molar-refractivity contribution in [1.82, 2.24) is 4.98 Å². The van der Waals surface area contributed by atoms with Crippen molar-refractivity contribution in [2.75, 3.05) is 0 Å². The van der Waals surface area contributed by atoms with Gasteiger partial charge in [0, 0.05) is 17.5 Å². The van der Waals surface area contributed by atoms with Crippen LogP contribution in [0.25, 0.3) is 11.1 Å². The number of pyridine rings is 1. The second-order valence-electron chi connectivity index (χ2n) is 4.92. The van der Waals surface area contributed by atoms with Gasteiger partial charge in [-0.15, -0.1) is 0 Å². The summed E-state index contributed by atoms with van der Waals surface area (Å²) in [6.07, 6.45) is 1.74. The Labute approximate surface area is 129 Å². The molecule has 0 aliphatic heterocycles. The highest BCUT2D eigenvalue weighted by atomic mass is 16.5. The Morgan fingerprint density at radius 3 is 2.32 bits per heavy atom. The molecule has 0 aliphatic rings. The SMILES string of the molecule is Cc1cc(C#N)c(-c2ccc(Oc3ccccc3)cc2)cn1. The Morgan fingerprint density at radius 1 is 0.955 bits per heavy atom. The fourth-order valence-corrected chi connectivity index (χ4v) is 2.21. The van der Waals surface area contributed by atoms with Crippen LogP contribution in [0.4, 0.5) is 0 Å². The second kappa shape index (κ2) is 6.11. The standard InChI is InChI=1S/C19H14N2O/c1-14-11-16(12-20)19(13-21-14)15-7-9-18(10-8-15)22-17-5-3-2-4-6-17/h2-11,13H,1H3. The third kappa shape index (κ3) is 2.97. The minimum Gasteiger partial charge on any atom is -0.457 e. The molecule has 0 unspecified atom stereocenters. The first-order valence-corrected chi connectivity index (χ1v) is 6.96. The molecular weight excluding hydrogens is 272 g/mol. The van der Waals surface area contributed by atoms with Crippen LogP contribution < -0.4 is 4.74 Å². The summed E-state index contributed by atoms with van der Waals surface area (Å²) in [6, 6.07) is 21.3. The maximum atomic E-state index is 9.25. The molecule has 0 amide bonds. The van der Waals surface area contributed by atoms with E-state index in [2.05, 4.69) is 11.1 Å². The first-order chi connectivity index (χ1) is 10.8. The van der Waals surface area contributed by atoms with Crippen molar-refractivity contribution < 1.29 is 4.74 Å². The molecule has 3 aromatic rings. The van der Waals surface area contributed by atoms with Gasteiger partial charge in [0.25, 0.3) is 0 Å². The summed E-state index contributed by atoms with van der Waals surface area (Å²) in [6.45, 7) is 1.88. The third-order valence-electron chi connectivity index (χ3n) is 3.31. The van der Waals surface area contributed by atoms with Gasteiger partial charge in [-0.05, 0) is 42.8 Å². The largest absolute Gasteiger partial charge is 0.457 e. The number of rotatable bonds is 3. The van der Waals surface area contributed by atoms with Crippen LogP contribution in [-0.4, -0.2) is 4.98 Å². The van der Waals surface area contributed by atoms with E-state index in [0.717, 1.165) is 28.3 Å². The fraction of sp³-hybridized carbons (Fsp3) is 0.0526. The van der Waals surface area contributed by atoms with Gasteiger partial charge in [0.2, 0.25) is 0 Å². The lowest BCUT2D eigenvalue weighted by molar-refractivity contribution is 0.483. The molecule has 1 aromatic heterocycles. The van der Waals surface area contributed by atoms with Crippen LogP contribution in [0.2, 0.25) is 0 Å². The van der Waals surface area contributed by atoms with Crippen molar-refractivity contribution in [2.24, 2.45) is 0 Å². The molecule has 0 saturated carbocycles. The van der Waals surface area contributed by atoms with Crippen molar-refractivity contribution in [2.45, 2.75) is 6.92 Å². The zero-order valence-corrected chi connectivity index (χ0v) is 12.2. The van der Waals surface area contributed by atoms with Crippen LogP contribution in [0.15, 0.2) is 66.9 Å². The van der Waals surface area contributed by atoms with Gasteiger partial charge in [-0.1, -0.05) is 30.3 Å². The normalized spacial score (nSPS) is 10.0. The van der Waals surface area contributed by atoms with E-state index in [9.17, 15) is 5.26 Å². The van der Waals surface area contributed by atoms with Gasteiger partial charge >= 0.3 is 0 Å². The number of aryl methyl sites for hydroxylation is 1. The molecule has 3 nitrogen and oxygen atoms in total. The lowest BCUT2D eigenvalue weighted by Crippen LogP contribution is -1.90. The third-order valence-corrected chi connectivity index (χ3v) is 3.31. The fourth-order valence-electron chi connectivity index (χ4n) is 2.21. The van der Waals surface area contributed by atoms with E-state index in [-0.39, 0.29) is 0 Å². The van der Waals surface area contributed by atoms with E-state index in [0.29, 0.717) is 5.56 Å². The van der Waals surface area contributed by atoms with Gasteiger partial charge in [-0.3, -0.25) is 4.98 Å². The van der Waals surface area contributed by atoms with Gasteiger partial charge in [0.1, 0.15) is 11.5 Å². The molecule has 106 valence electrons. The first kappa shape index (κ1) is 13.8. The molecule has 0 spiro atoms. The molecule has 2 aromatic carbocycles. The lowest BCUT2D eigenvalue weighted by atomic mass is 10.0. The van der Waals surface area contributed by atoms with Crippen molar-refractivity contribution >= 4 is 0 Å². The Hall–Kier alpha value is -3.12. The van der Waals surface area contributed by atoms with Crippen molar-refractivity contribution in [3.8, 4) is 28.7 Å². The van der Waals surface area contributed by atoms with E-state index < -0.39 is 0 Å². The number of benzene rings is 2. The highest BCUT2D eigenvalue weighted by Gasteiger charge is 2.06. The van der Waals surface area contributed by atoms with E-state index >= 15 is 0 Å². The molecule has 0 N–H and O–H groups in total. The van der Waals surface area contributed by atoms with Crippen LogP contribution >= 0.6 is 0 Å². The summed E-state index contributed by atoms with van der Waals surface area (Å²) in [5.41, 5.74) is 3.25. The van der Waals surface area contributed by atoms with Crippen LogP contribution in [-0.2, 0) is 0 Å². The average molecular weight is 286 g/mol. The summed E-state index contributed by atoms with van der Waals surface area (Å²) in [5.74, 6) is 1.55. The monoisotopic (exact) mass is 286 g/mol. The quantitative estimate of drug-likeness (QED) is 0.699. The molecule has 22 heavy (non-hydrogen) atoms. The summed E-state index contributed by atoms with van der Waals surface area (Å²) < 4.78 is 5.76. The number of nitrogens with zero attached hydrogens (tertiary/aromatic N) is 2. The van der Waals surface area contributed by atoms with Crippen molar-refractivity contribution in [3.05, 3.63) is 78.1 Å². The van der Waals surface area contributed by atoms with Gasteiger partial charge in [0.15, 0.2) is 0 Å². The van der Waals surface area contributed by atoms with Gasteiger partial charge in [0.05, 0.1) is 11.6 Å². The number of hydrogen-bond donors (Lipinski definition) is 0. The zero-order chi connectivity index (χ0) is 15.4. The zero-order valence-electron chi connectivity index (χ0n) is 12.2. The number of ether oxygens (including phenoxy) is 1. The first-order valence-electron chi connectivity index (χ1n) is 6.96. The number of aromatic nitrogens is 1. The van der Waals surface area contributed by atoms with Crippen LogP contribution in [0.3, 0.4) is 0 Å². The molecule has 0 saturated heterocycles. The van der Waals surface area contributed by atoms with E-state index in [1.165, 1.54) is 0 Å². The van der Waals surface area contributed by atoms with Gasteiger partial charge in [-0.2, -0.15) is 5.26 Å². The molecule has 0 atom stereocenters. The van der Waals surface area contributed by atoms with E-state index in [1.54, 1.807) is 12.3 Å².